The van der Waals surface area contributed by atoms with Gasteiger partial charge in [-0.1, -0.05) is 33.1 Å². The smallest absolute Gasteiger partial charge is 0.372 e. The van der Waals surface area contributed by atoms with Crippen LogP contribution in [0.25, 0.3) is 0 Å². The Labute approximate surface area is 110 Å². The Kier molecular flexibility index (Phi) is 12.4. The molecule has 0 aliphatic carbocycles. The van der Waals surface area contributed by atoms with Gasteiger partial charge in [-0.15, -0.1) is 0 Å². The zero-order valence-corrected chi connectivity index (χ0v) is 12.3. The summed E-state index contributed by atoms with van der Waals surface area (Å²) in [6.45, 7) is 8.40. The molecule has 0 aliphatic heterocycles. The molecule has 5 heteroatoms. The van der Waals surface area contributed by atoms with E-state index in [4.69, 9.17) is 9.05 Å². The van der Waals surface area contributed by atoms with Crippen LogP contribution in [-0.4, -0.2) is 13.2 Å². The largest absolute Gasteiger partial charge is 1.00 e. The summed E-state index contributed by atoms with van der Waals surface area (Å²) >= 11 is 0. The first-order valence-corrected chi connectivity index (χ1v) is 7.12. The van der Waals surface area contributed by atoms with Crippen LogP contribution in [-0.2, 0) is 30.7 Å². The Hall–Kier alpha value is 0.409. The molecule has 0 aromatic rings. The summed E-state index contributed by atoms with van der Waals surface area (Å²) in [6.07, 6.45) is 3.10. The van der Waals surface area contributed by atoms with Gasteiger partial charge in [0.05, 0.1) is 13.2 Å². The van der Waals surface area contributed by atoms with E-state index in [9.17, 15) is 4.57 Å². The maximum atomic E-state index is 12.0. The Morgan fingerprint density at radius 1 is 1.19 bits per heavy atom. The third-order valence-corrected chi connectivity index (χ3v) is 3.68. The Morgan fingerprint density at radius 3 is 2.06 bits per heavy atom. The molecule has 0 saturated heterocycles. The first-order chi connectivity index (χ1) is 7.08. The molecule has 0 saturated carbocycles. The second-order valence-corrected chi connectivity index (χ2v) is 5.06. The fourth-order valence-electron chi connectivity index (χ4n) is 1.17. The molecule has 3 nitrogen and oxygen atoms in total. The minimum absolute atomic E-state index is 0. The summed E-state index contributed by atoms with van der Waals surface area (Å²) in [4.78, 5) is 0. The number of hydrogen-bond donors (Lipinski definition) is 0. The Bertz CT molecular complexity index is 231. The number of rotatable bonds is 8. The minimum Gasteiger partial charge on any atom is -0.372 e. The molecule has 0 heterocycles. The zero-order valence-electron chi connectivity index (χ0n) is 10.5. The van der Waals surface area contributed by atoms with Crippen LogP contribution in [0.5, 0.6) is 0 Å². The molecule has 0 bridgehead atoms. The standard InChI is InChI=1S/C11H22O3P.Cu/c1-5-8-9-11(4)10-15(12,13-6-2)14-7-3;/h5-9H2,1-4H3;/q-1;+1. The third-order valence-electron chi connectivity index (χ3n) is 1.83. The topological polar surface area (TPSA) is 35.5 Å². The van der Waals surface area contributed by atoms with E-state index in [1.54, 1.807) is 13.8 Å². The van der Waals surface area contributed by atoms with E-state index in [0.717, 1.165) is 24.8 Å². The SMILES string of the molecule is CCCCC(C)=[C-]P(=O)(OCC)OCC.[Cu+]. The van der Waals surface area contributed by atoms with Gasteiger partial charge < -0.3 is 14.9 Å². The molecule has 0 spiro atoms. The normalized spacial score (nSPS) is 12.4. The second-order valence-electron chi connectivity index (χ2n) is 3.33. The van der Waals surface area contributed by atoms with E-state index in [-0.39, 0.29) is 17.1 Å². The van der Waals surface area contributed by atoms with Crippen molar-refractivity contribution in [2.45, 2.75) is 47.0 Å². The van der Waals surface area contributed by atoms with Crippen molar-refractivity contribution in [1.82, 2.24) is 0 Å². The first-order valence-electron chi connectivity index (χ1n) is 5.57. The maximum absolute atomic E-state index is 12.0. The second kappa shape index (κ2) is 10.6. The maximum Gasteiger partial charge on any atom is 1.00 e. The van der Waals surface area contributed by atoms with Crippen LogP contribution >= 0.6 is 7.60 Å². The molecule has 0 atom stereocenters. The average Bonchev–Trinajstić information content (AvgIpc) is 2.15. The Morgan fingerprint density at radius 2 is 1.69 bits per heavy atom. The van der Waals surface area contributed by atoms with Crippen LogP contribution in [0.4, 0.5) is 0 Å². The molecule has 0 fully saturated rings. The van der Waals surface area contributed by atoms with Gasteiger partial charge in [0.15, 0.2) is 7.60 Å². The van der Waals surface area contributed by atoms with Crippen molar-refractivity contribution in [2.24, 2.45) is 0 Å². The third kappa shape index (κ3) is 8.55. The van der Waals surface area contributed by atoms with Gasteiger partial charge >= 0.3 is 17.1 Å². The van der Waals surface area contributed by atoms with Crippen molar-refractivity contribution in [1.29, 1.82) is 0 Å². The molecule has 0 radical (unpaired) electrons. The van der Waals surface area contributed by atoms with Gasteiger partial charge in [0.1, 0.15) is 0 Å². The van der Waals surface area contributed by atoms with E-state index in [2.05, 4.69) is 12.7 Å². The van der Waals surface area contributed by atoms with E-state index >= 15 is 0 Å². The van der Waals surface area contributed by atoms with Crippen molar-refractivity contribution in [3.63, 3.8) is 0 Å². The summed E-state index contributed by atoms with van der Waals surface area (Å²) < 4.78 is 22.3. The number of hydrogen-bond acceptors (Lipinski definition) is 3. The molecule has 16 heavy (non-hydrogen) atoms. The molecule has 0 amide bonds. The van der Waals surface area contributed by atoms with Gasteiger partial charge in [-0.25, -0.2) is 5.57 Å². The van der Waals surface area contributed by atoms with Gasteiger partial charge in [-0.3, -0.25) is 4.57 Å². The van der Waals surface area contributed by atoms with Crippen molar-refractivity contribution in [3.05, 3.63) is 11.4 Å². The Balaban J connectivity index is 0. The number of allylic oxidation sites excluding steroid dienone is 1. The monoisotopic (exact) mass is 296 g/mol. The van der Waals surface area contributed by atoms with Gasteiger partial charge in [0, 0.05) is 0 Å². The van der Waals surface area contributed by atoms with Crippen molar-refractivity contribution in [3.8, 4) is 0 Å². The summed E-state index contributed by atoms with van der Waals surface area (Å²) in [5.41, 5.74) is 0.960. The van der Waals surface area contributed by atoms with Gasteiger partial charge in [0.2, 0.25) is 0 Å². The van der Waals surface area contributed by atoms with Crippen molar-refractivity contribution < 1.29 is 30.7 Å². The average molecular weight is 297 g/mol. The molecule has 0 aliphatic rings. The molecule has 0 N–H and O–H groups in total. The van der Waals surface area contributed by atoms with Crippen LogP contribution < -0.4 is 0 Å². The van der Waals surface area contributed by atoms with E-state index in [0.29, 0.717) is 13.2 Å². The predicted octanol–water partition coefficient (Wildman–Crippen LogP) is 4.15. The molecule has 0 rings (SSSR count). The van der Waals surface area contributed by atoms with Crippen molar-refractivity contribution in [2.75, 3.05) is 13.2 Å². The summed E-state index contributed by atoms with van der Waals surface area (Å²) in [6, 6.07) is 0. The van der Waals surface area contributed by atoms with Crippen LogP contribution in [0, 0.1) is 5.82 Å². The molecule has 0 unspecified atom stereocenters. The first kappa shape index (κ1) is 18.8. The minimum atomic E-state index is -3.10. The van der Waals surface area contributed by atoms with Crippen molar-refractivity contribution >= 4 is 7.60 Å². The molecule has 0 aromatic heterocycles. The van der Waals surface area contributed by atoms with E-state index in [1.807, 2.05) is 6.92 Å². The van der Waals surface area contributed by atoms with Crippen LogP contribution in [0.15, 0.2) is 5.57 Å². The van der Waals surface area contributed by atoms with E-state index < -0.39 is 7.60 Å². The fourth-order valence-corrected chi connectivity index (χ4v) is 2.64. The summed E-state index contributed by atoms with van der Waals surface area (Å²) in [5.74, 6) is 2.86. The van der Waals surface area contributed by atoms with Gasteiger partial charge in [0.25, 0.3) is 0 Å². The van der Waals surface area contributed by atoms with Crippen LogP contribution in [0.1, 0.15) is 47.0 Å². The molecular weight excluding hydrogens is 275 g/mol. The quantitative estimate of drug-likeness (QED) is 0.383. The summed E-state index contributed by atoms with van der Waals surface area (Å²) in [5, 5.41) is 0. The molecular formula is C11H22CuO3P. The van der Waals surface area contributed by atoms with Gasteiger partial charge in [-0.2, -0.15) is 0 Å². The van der Waals surface area contributed by atoms with Gasteiger partial charge in [-0.05, 0) is 13.8 Å². The zero-order chi connectivity index (χ0) is 11.7. The fraction of sp³-hybridized carbons (Fsp3) is 0.818. The number of unbranched alkanes of at least 4 members (excludes halogenated alkanes) is 1. The predicted molar refractivity (Wildman–Crippen MR) is 62.8 cm³/mol. The summed E-state index contributed by atoms with van der Waals surface area (Å²) in [7, 11) is -3.10. The molecule has 0 aromatic carbocycles. The van der Waals surface area contributed by atoms with Crippen LogP contribution in [0.3, 0.4) is 0 Å². The van der Waals surface area contributed by atoms with Crippen LogP contribution in [0.2, 0.25) is 0 Å². The molecule has 100 valence electrons. The van der Waals surface area contributed by atoms with E-state index in [1.165, 1.54) is 0 Å².